The largest absolute Gasteiger partial charge is 0.336 e. The predicted molar refractivity (Wildman–Crippen MR) is 103 cm³/mol. The van der Waals surface area contributed by atoms with Crippen LogP contribution in [0.5, 0.6) is 0 Å². The summed E-state index contributed by atoms with van der Waals surface area (Å²) in [4.78, 5) is 14.3. The number of benzene rings is 2. The fourth-order valence-corrected chi connectivity index (χ4v) is 4.54. The van der Waals surface area contributed by atoms with Gasteiger partial charge in [-0.2, -0.15) is 4.31 Å². The topological polar surface area (TPSA) is 57.7 Å². The SMILES string of the molecule is Cc1ccc(C(=O)N2CCN(S(=O)(=O)CCc3ccccc3)CC2)cc1. The van der Waals surface area contributed by atoms with E-state index in [2.05, 4.69) is 0 Å². The lowest BCUT2D eigenvalue weighted by Gasteiger charge is -2.34. The first-order valence-electron chi connectivity index (χ1n) is 8.83. The molecule has 1 amide bonds. The van der Waals surface area contributed by atoms with Crippen molar-refractivity contribution < 1.29 is 13.2 Å². The van der Waals surface area contributed by atoms with Crippen molar-refractivity contribution in [1.82, 2.24) is 9.21 Å². The molecule has 0 spiro atoms. The molecule has 0 aliphatic carbocycles. The van der Waals surface area contributed by atoms with E-state index in [0.717, 1.165) is 11.1 Å². The minimum absolute atomic E-state index is 0.0358. The van der Waals surface area contributed by atoms with Crippen molar-refractivity contribution in [2.75, 3.05) is 31.9 Å². The van der Waals surface area contributed by atoms with Crippen LogP contribution in [0.3, 0.4) is 0 Å². The van der Waals surface area contributed by atoms with Gasteiger partial charge in [-0.25, -0.2) is 8.42 Å². The van der Waals surface area contributed by atoms with Gasteiger partial charge in [0.25, 0.3) is 5.91 Å². The number of rotatable bonds is 5. The first-order valence-corrected chi connectivity index (χ1v) is 10.4. The van der Waals surface area contributed by atoms with Gasteiger partial charge in [-0.05, 0) is 31.0 Å². The Kier molecular flexibility index (Phi) is 5.74. The molecular weight excluding hydrogens is 348 g/mol. The molecule has 0 unspecified atom stereocenters. The summed E-state index contributed by atoms with van der Waals surface area (Å²) >= 11 is 0. The van der Waals surface area contributed by atoms with Gasteiger partial charge in [0.05, 0.1) is 5.75 Å². The first-order chi connectivity index (χ1) is 12.5. The molecule has 1 aliphatic rings. The average Bonchev–Trinajstić information content (AvgIpc) is 2.67. The van der Waals surface area contributed by atoms with Gasteiger partial charge in [0, 0.05) is 31.7 Å². The highest BCUT2D eigenvalue weighted by atomic mass is 32.2. The molecule has 1 heterocycles. The molecule has 5 nitrogen and oxygen atoms in total. The van der Waals surface area contributed by atoms with Crippen LogP contribution in [0.2, 0.25) is 0 Å². The molecule has 138 valence electrons. The quantitative estimate of drug-likeness (QED) is 0.809. The maximum atomic E-state index is 12.6. The molecule has 26 heavy (non-hydrogen) atoms. The molecule has 0 saturated carbocycles. The molecular formula is C20H24N2O3S. The van der Waals surface area contributed by atoms with Crippen molar-refractivity contribution in [3.05, 3.63) is 71.3 Å². The number of carbonyl (C=O) groups is 1. The summed E-state index contributed by atoms with van der Waals surface area (Å²) in [6.07, 6.45) is 0.506. The standard InChI is InChI=1S/C20H24N2O3S/c1-17-7-9-19(10-8-17)20(23)21-12-14-22(15-13-21)26(24,25)16-11-18-5-3-2-4-6-18/h2-10H,11-16H2,1H3. The maximum Gasteiger partial charge on any atom is 0.253 e. The molecule has 0 N–H and O–H groups in total. The Labute approximate surface area is 155 Å². The van der Waals surface area contributed by atoms with E-state index in [9.17, 15) is 13.2 Å². The fourth-order valence-electron chi connectivity index (χ4n) is 3.07. The fraction of sp³-hybridized carbons (Fsp3) is 0.350. The third kappa shape index (κ3) is 4.51. The summed E-state index contributed by atoms with van der Waals surface area (Å²) in [6.45, 7) is 3.55. The average molecular weight is 372 g/mol. The van der Waals surface area contributed by atoms with E-state index in [1.54, 1.807) is 4.90 Å². The molecule has 1 saturated heterocycles. The van der Waals surface area contributed by atoms with Gasteiger partial charge in [0.15, 0.2) is 0 Å². The minimum atomic E-state index is -3.31. The van der Waals surface area contributed by atoms with Crippen molar-refractivity contribution in [2.24, 2.45) is 0 Å². The summed E-state index contributed by atoms with van der Waals surface area (Å²) in [7, 11) is -3.31. The number of sulfonamides is 1. The van der Waals surface area contributed by atoms with Crippen LogP contribution in [0.25, 0.3) is 0 Å². The van der Waals surface area contributed by atoms with Crippen LogP contribution < -0.4 is 0 Å². The maximum absolute atomic E-state index is 12.6. The Hall–Kier alpha value is -2.18. The number of nitrogens with zero attached hydrogens (tertiary/aromatic N) is 2. The van der Waals surface area contributed by atoms with Crippen molar-refractivity contribution in [1.29, 1.82) is 0 Å². The van der Waals surface area contributed by atoms with Gasteiger partial charge in [-0.1, -0.05) is 48.0 Å². The monoisotopic (exact) mass is 372 g/mol. The molecule has 2 aromatic rings. The number of amides is 1. The zero-order valence-electron chi connectivity index (χ0n) is 15.0. The van der Waals surface area contributed by atoms with Crippen molar-refractivity contribution >= 4 is 15.9 Å². The summed E-state index contributed by atoms with van der Waals surface area (Å²) in [5.41, 5.74) is 2.77. The van der Waals surface area contributed by atoms with Gasteiger partial charge in [-0.15, -0.1) is 0 Å². The van der Waals surface area contributed by atoms with Crippen molar-refractivity contribution in [2.45, 2.75) is 13.3 Å². The summed E-state index contributed by atoms with van der Waals surface area (Å²) < 4.78 is 26.6. The van der Waals surface area contributed by atoms with Gasteiger partial charge in [0.1, 0.15) is 0 Å². The van der Waals surface area contributed by atoms with Crippen LogP contribution >= 0.6 is 0 Å². The second kappa shape index (κ2) is 8.01. The smallest absolute Gasteiger partial charge is 0.253 e. The Morgan fingerprint density at radius 1 is 0.923 bits per heavy atom. The van der Waals surface area contributed by atoms with Gasteiger partial charge >= 0.3 is 0 Å². The van der Waals surface area contributed by atoms with E-state index in [0.29, 0.717) is 38.2 Å². The van der Waals surface area contributed by atoms with Gasteiger partial charge in [-0.3, -0.25) is 4.79 Å². The molecule has 0 radical (unpaired) electrons. The van der Waals surface area contributed by atoms with Crippen LogP contribution in [0.4, 0.5) is 0 Å². The van der Waals surface area contributed by atoms with Crippen LogP contribution in [-0.2, 0) is 16.4 Å². The normalized spacial score (nSPS) is 15.8. The van der Waals surface area contributed by atoms with Crippen LogP contribution in [0, 0.1) is 6.92 Å². The number of carbonyl (C=O) groups excluding carboxylic acids is 1. The Morgan fingerprint density at radius 2 is 1.54 bits per heavy atom. The lowest BCUT2D eigenvalue weighted by atomic mass is 10.1. The predicted octanol–water partition coefficient (Wildman–Crippen LogP) is 2.33. The lowest BCUT2D eigenvalue weighted by Crippen LogP contribution is -2.51. The molecule has 6 heteroatoms. The van der Waals surface area contributed by atoms with E-state index in [1.807, 2.05) is 61.5 Å². The molecule has 1 aliphatic heterocycles. The van der Waals surface area contributed by atoms with Crippen molar-refractivity contribution in [3.63, 3.8) is 0 Å². The summed E-state index contributed by atoms with van der Waals surface area (Å²) in [6, 6.07) is 17.1. The van der Waals surface area contributed by atoms with E-state index in [1.165, 1.54) is 4.31 Å². The molecule has 3 rings (SSSR count). The highest BCUT2D eigenvalue weighted by Gasteiger charge is 2.28. The minimum Gasteiger partial charge on any atom is -0.336 e. The van der Waals surface area contributed by atoms with E-state index in [-0.39, 0.29) is 11.7 Å². The van der Waals surface area contributed by atoms with Gasteiger partial charge < -0.3 is 4.90 Å². The summed E-state index contributed by atoms with van der Waals surface area (Å²) in [5, 5.41) is 0. The molecule has 1 fully saturated rings. The lowest BCUT2D eigenvalue weighted by molar-refractivity contribution is 0.0698. The molecule has 0 bridgehead atoms. The first kappa shape index (κ1) is 18.6. The molecule has 0 aromatic heterocycles. The highest BCUT2D eigenvalue weighted by molar-refractivity contribution is 7.89. The third-order valence-electron chi connectivity index (χ3n) is 4.71. The number of aryl methyl sites for hydroxylation is 2. The van der Waals surface area contributed by atoms with Crippen LogP contribution in [0.1, 0.15) is 21.5 Å². The zero-order chi connectivity index (χ0) is 18.6. The van der Waals surface area contributed by atoms with Crippen molar-refractivity contribution in [3.8, 4) is 0 Å². The number of hydrogen-bond acceptors (Lipinski definition) is 3. The van der Waals surface area contributed by atoms with Crippen LogP contribution in [-0.4, -0.2) is 55.5 Å². The summed E-state index contributed by atoms with van der Waals surface area (Å²) in [5.74, 6) is 0.0643. The second-order valence-electron chi connectivity index (χ2n) is 6.61. The number of hydrogen-bond donors (Lipinski definition) is 0. The number of piperazine rings is 1. The second-order valence-corrected chi connectivity index (χ2v) is 8.70. The van der Waals surface area contributed by atoms with E-state index < -0.39 is 10.0 Å². The molecule has 0 atom stereocenters. The third-order valence-corrected chi connectivity index (χ3v) is 6.58. The highest BCUT2D eigenvalue weighted by Crippen LogP contribution is 2.14. The Bertz CT molecular complexity index is 840. The Morgan fingerprint density at radius 3 is 2.15 bits per heavy atom. The van der Waals surface area contributed by atoms with E-state index >= 15 is 0 Å². The zero-order valence-corrected chi connectivity index (χ0v) is 15.8. The molecule has 2 aromatic carbocycles. The van der Waals surface area contributed by atoms with Crippen LogP contribution in [0.15, 0.2) is 54.6 Å². The van der Waals surface area contributed by atoms with Gasteiger partial charge in [0.2, 0.25) is 10.0 Å². The van der Waals surface area contributed by atoms with E-state index in [4.69, 9.17) is 0 Å². The Balaban J connectivity index is 1.55.